The number of aromatic nitrogens is 2. The van der Waals surface area contributed by atoms with Crippen LogP contribution in [0.2, 0.25) is 0 Å². The van der Waals surface area contributed by atoms with Crippen LogP contribution in [0.4, 0.5) is 14.5 Å². The standard InChI is InChI=1S/C15H17F2N3O2S/c1-2-8-20-9-7-18-15(20)23-10-13(21)19-11-5-3-4-6-12(11)22-14(16)17/h3-7,9,14H,2,8,10H2,1H3,(H,19,21). The number of para-hydroxylation sites is 2. The number of benzene rings is 1. The molecule has 0 saturated heterocycles. The van der Waals surface area contributed by atoms with Gasteiger partial charge in [-0.05, 0) is 18.6 Å². The molecule has 23 heavy (non-hydrogen) atoms. The number of ether oxygens (including phenoxy) is 1. The summed E-state index contributed by atoms with van der Waals surface area (Å²) in [4.78, 5) is 16.2. The lowest BCUT2D eigenvalue weighted by Crippen LogP contribution is -2.16. The molecule has 1 aromatic heterocycles. The van der Waals surface area contributed by atoms with E-state index in [4.69, 9.17) is 0 Å². The molecule has 124 valence electrons. The number of imidazole rings is 1. The van der Waals surface area contributed by atoms with Gasteiger partial charge in [-0.15, -0.1) is 0 Å². The average molecular weight is 341 g/mol. The minimum atomic E-state index is -2.94. The Kier molecular flexibility index (Phi) is 6.40. The summed E-state index contributed by atoms with van der Waals surface area (Å²) >= 11 is 1.29. The first-order valence-corrected chi connectivity index (χ1v) is 8.06. The van der Waals surface area contributed by atoms with Crippen molar-refractivity contribution in [1.82, 2.24) is 9.55 Å². The number of amides is 1. The summed E-state index contributed by atoms with van der Waals surface area (Å²) in [5.41, 5.74) is 0.218. The van der Waals surface area contributed by atoms with Crippen molar-refractivity contribution >= 4 is 23.4 Å². The number of nitrogens with one attached hydrogen (secondary N) is 1. The van der Waals surface area contributed by atoms with Crippen molar-refractivity contribution in [2.45, 2.75) is 31.7 Å². The third-order valence-corrected chi connectivity index (χ3v) is 3.86. The highest BCUT2D eigenvalue weighted by atomic mass is 32.2. The van der Waals surface area contributed by atoms with Crippen molar-refractivity contribution < 1.29 is 18.3 Å². The van der Waals surface area contributed by atoms with E-state index in [1.807, 2.05) is 10.8 Å². The maximum atomic E-state index is 12.3. The number of alkyl halides is 2. The number of nitrogens with zero attached hydrogens (tertiary/aromatic N) is 2. The average Bonchev–Trinajstić information content (AvgIpc) is 2.94. The van der Waals surface area contributed by atoms with E-state index >= 15 is 0 Å². The van der Waals surface area contributed by atoms with Gasteiger partial charge in [-0.25, -0.2) is 4.98 Å². The van der Waals surface area contributed by atoms with Crippen LogP contribution in [-0.2, 0) is 11.3 Å². The summed E-state index contributed by atoms with van der Waals surface area (Å²) in [5, 5.41) is 3.32. The number of rotatable bonds is 8. The number of halogens is 2. The smallest absolute Gasteiger partial charge is 0.387 e. The van der Waals surface area contributed by atoms with Crippen LogP contribution in [-0.4, -0.2) is 27.8 Å². The molecular formula is C15H17F2N3O2S. The molecule has 5 nitrogen and oxygen atoms in total. The molecule has 0 aliphatic heterocycles. The molecule has 1 amide bonds. The minimum Gasteiger partial charge on any atom is -0.433 e. The van der Waals surface area contributed by atoms with Crippen molar-refractivity contribution in [2.75, 3.05) is 11.1 Å². The highest BCUT2D eigenvalue weighted by molar-refractivity contribution is 7.99. The largest absolute Gasteiger partial charge is 0.433 e. The Morgan fingerprint density at radius 2 is 2.22 bits per heavy atom. The fraction of sp³-hybridized carbons (Fsp3) is 0.333. The van der Waals surface area contributed by atoms with Crippen LogP contribution >= 0.6 is 11.8 Å². The van der Waals surface area contributed by atoms with Crippen molar-refractivity contribution in [3.05, 3.63) is 36.7 Å². The van der Waals surface area contributed by atoms with Crippen molar-refractivity contribution in [2.24, 2.45) is 0 Å². The molecule has 1 N–H and O–H groups in total. The number of hydrogen-bond donors (Lipinski definition) is 1. The zero-order valence-electron chi connectivity index (χ0n) is 12.5. The van der Waals surface area contributed by atoms with Crippen LogP contribution < -0.4 is 10.1 Å². The van der Waals surface area contributed by atoms with Crippen LogP contribution in [0.3, 0.4) is 0 Å². The molecule has 0 fully saturated rings. The fourth-order valence-electron chi connectivity index (χ4n) is 1.93. The molecule has 0 radical (unpaired) electrons. The molecule has 0 bridgehead atoms. The number of carbonyl (C=O) groups excluding carboxylic acids is 1. The van der Waals surface area contributed by atoms with E-state index in [1.54, 1.807) is 18.3 Å². The molecule has 2 rings (SSSR count). The molecule has 0 unspecified atom stereocenters. The van der Waals surface area contributed by atoms with Crippen LogP contribution in [0.1, 0.15) is 13.3 Å². The van der Waals surface area contributed by atoms with Gasteiger partial charge in [0.15, 0.2) is 5.16 Å². The van der Waals surface area contributed by atoms with E-state index in [1.165, 1.54) is 23.9 Å². The summed E-state index contributed by atoms with van der Waals surface area (Å²) in [6, 6.07) is 6.08. The topological polar surface area (TPSA) is 56.2 Å². The number of hydrogen-bond acceptors (Lipinski definition) is 4. The van der Waals surface area contributed by atoms with Crippen molar-refractivity contribution in [3.63, 3.8) is 0 Å². The van der Waals surface area contributed by atoms with Gasteiger partial charge in [-0.3, -0.25) is 4.79 Å². The van der Waals surface area contributed by atoms with E-state index in [-0.39, 0.29) is 23.1 Å². The molecule has 0 aliphatic rings. The van der Waals surface area contributed by atoms with Crippen molar-refractivity contribution in [1.29, 1.82) is 0 Å². The van der Waals surface area contributed by atoms with Gasteiger partial charge in [0.2, 0.25) is 5.91 Å². The first-order chi connectivity index (χ1) is 11.1. The molecule has 1 heterocycles. The Hall–Kier alpha value is -2.09. The van der Waals surface area contributed by atoms with E-state index in [2.05, 4.69) is 22.0 Å². The molecule has 2 aromatic rings. The lowest BCUT2D eigenvalue weighted by Gasteiger charge is -2.11. The first kappa shape index (κ1) is 17.3. The Labute approximate surface area is 137 Å². The molecular weight excluding hydrogens is 324 g/mol. The van der Waals surface area contributed by atoms with Crippen LogP contribution in [0.25, 0.3) is 0 Å². The van der Waals surface area contributed by atoms with Gasteiger partial charge >= 0.3 is 6.61 Å². The second-order valence-electron chi connectivity index (χ2n) is 4.61. The van der Waals surface area contributed by atoms with Gasteiger partial charge < -0.3 is 14.6 Å². The number of anilines is 1. The zero-order valence-corrected chi connectivity index (χ0v) is 13.4. The molecule has 1 aromatic carbocycles. The predicted octanol–water partition coefficient (Wildman–Crippen LogP) is 3.63. The third kappa shape index (κ3) is 5.24. The van der Waals surface area contributed by atoms with E-state index in [0.717, 1.165) is 18.1 Å². The SMILES string of the molecule is CCCn1ccnc1SCC(=O)Nc1ccccc1OC(F)F. The maximum absolute atomic E-state index is 12.3. The van der Waals surface area contributed by atoms with E-state index in [0.29, 0.717) is 0 Å². The highest BCUT2D eigenvalue weighted by Gasteiger charge is 2.12. The molecule has 0 aliphatic carbocycles. The van der Waals surface area contributed by atoms with Crippen molar-refractivity contribution in [3.8, 4) is 5.75 Å². The summed E-state index contributed by atoms with van der Waals surface area (Å²) in [6.07, 6.45) is 4.51. The second-order valence-corrected chi connectivity index (χ2v) is 5.56. The molecule has 0 saturated carbocycles. The Bertz CT molecular complexity index is 649. The van der Waals surface area contributed by atoms with Crippen LogP contribution in [0, 0.1) is 0 Å². The van der Waals surface area contributed by atoms with Gasteiger partial charge in [0.25, 0.3) is 0 Å². The summed E-state index contributed by atoms with van der Waals surface area (Å²) in [7, 11) is 0. The van der Waals surface area contributed by atoms with Gasteiger partial charge in [0.05, 0.1) is 11.4 Å². The fourth-order valence-corrected chi connectivity index (χ4v) is 2.72. The Balaban J connectivity index is 1.93. The van der Waals surface area contributed by atoms with E-state index < -0.39 is 6.61 Å². The summed E-state index contributed by atoms with van der Waals surface area (Å²) < 4.78 is 31.0. The number of thioether (sulfide) groups is 1. The van der Waals surface area contributed by atoms with Crippen LogP contribution in [0.5, 0.6) is 5.75 Å². The minimum absolute atomic E-state index is 0.0617. The highest BCUT2D eigenvalue weighted by Crippen LogP contribution is 2.26. The quantitative estimate of drug-likeness (QED) is 0.745. The predicted molar refractivity (Wildman–Crippen MR) is 84.9 cm³/mol. The third-order valence-electron chi connectivity index (χ3n) is 2.85. The summed E-state index contributed by atoms with van der Waals surface area (Å²) in [5.74, 6) is -0.247. The molecule has 0 spiro atoms. The first-order valence-electron chi connectivity index (χ1n) is 7.07. The van der Waals surface area contributed by atoms with Gasteiger partial charge in [0.1, 0.15) is 5.75 Å². The van der Waals surface area contributed by atoms with Gasteiger partial charge in [-0.1, -0.05) is 30.8 Å². The number of aryl methyl sites for hydroxylation is 1. The Morgan fingerprint density at radius 1 is 1.43 bits per heavy atom. The van der Waals surface area contributed by atoms with Crippen LogP contribution in [0.15, 0.2) is 41.8 Å². The maximum Gasteiger partial charge on any atom is 0.387 e. The monoisotopic (exact) mass is 341 g/mol. The normalized spacial score (nSPS) is 10.8. The van der Waals surface area contributed by atoms with Gasteiger partial charge in [0, 0.05) is 18.9 Å². The molecule has 0 atom stereocenters. The van der Waals surface area contributed by atoms with E-state index in [9.17, 15) is 13.6 Å². The summed E-state index contributed by atoms with van der Waals surface area (Å²) in [6.45, 7) is -0.0558. The molecule has 8 heteroatoms. The lowest BCUT2D eigenvalue weighted by atomic mass is 10.3. The lowest BCUT2D eigenvalue weighted by molar-refractivity contribution is -0.113. The number of carbonyl (C=O) groups is 1. The van der Waals surface area contributed by atoms with Gasteiger partial charge in [-0.2, -0.15) is 8.78 Å². The second kappa shape index (κ2) is 8.52. The Morgan fingerprint density at radius 3 is 2.96 bits per heavy atom. The zero-order chi connectivity index (χ0) is 16.7.